The van der Waals surface area contributed by atoms with Gasteiger partial charge in [-0.2, -0.15) is 4.98 Å². The van der Waals surface area contributed by atoms with Crippen LogP contribution in [0.25, 0.3) is 22.6 Å². The summed E-state index contributed by atoms with van der Waals surface area (Å²) in [6.45, 7) is 4.77. The molecule has 1 aromatic rings. The molecule has 0 amide bonds. The van der Waals surface area contributed by atoms with Gasteiger partial charge in [-0.25, -0.2) is 9.78 Å². The first-order chi connectivity index (χ1) is 11.5. The predicted molar refractivity (Wildman–Crippen MR) is 91.5 cm³/mol. The molecule has 0 aliphatic carbocycles. The van der Waals surface area contributed by atoms with E-state index in [9.17, 15) is 9.59 Å². The zero-order valence-corrected chi connectivity index (χ0v) is 13.8. The van der Waals surface area contributed by atoms with Crippen LogP contribution in [-0.4, -0.2) is 31.2 Å². The number of fused-ring (bicyclic) bond motifs is 2. The number of aliphatic hydroxyl groups is 1. The number of aromatic nitrogens is 4. The molecule has 0 unspecified atom stereocenters. The van der Waals surface area contributed by atoms with Gasteiger partial charge in [0.1, 0.15) is 0 Å². The van der Waals surface area contributed by atoms with E-state index in [1.807, 2.05) is 30.5 Å². The summed E-state index contributed by atoms with van der Waals surface area (Å²) in [5.41, 5.74) is 2.75. The Kier molecular flexibility index (Phi) is 4.44. The third-order valence-corrected chi connectivity index (χ3v) is 4.26. The molecule has 0 aromatic heterocycles. The van der Waals surface area contributed by atoms with Crippen molar-refractivity contribution in [2.45, 2.75) is 39.7 Å². The average molecular weight is 328 g/mol. The molecular weight excluding hydrogens is 308 g/mol. The number of nitrogens with zero attached hydrogens (tertiary/aromatic N) is 3. The molecule has 0 spiro atoms. The number of nitrogens with one attached hydrogen (secondary N) is 1. The molecule has 3 rings (SSSR count). The second-order valence-electron chi connectivity index (χ2n) is 6.02. The van der Waals surface area contributed by atoms with Crippen LogP contribution in [0.1, 0.15) is 30.4 Å². The molecule has 7 nitrogen and oxygen atoms in total. The molecule has 2 heterocycles. The van der Waals surface area contributed by atoms with Gasteiger partial charge in [-0.15, -0.1) is 0 Å². The van der Waals surface area contributed by atoms with E-state index in [0.29, 0.717) is 17.9 Å². The van der Waals surface area contributed by atoms with E-state index >= 15 is 0 Å². The Balaban J connectivity index is 2.26. The highest BCUT2D eigenvalue weighted by Gasteiger charge is 2.18. The standard InChI is InChI=1S/C17H20N4O3/c1-10-8-12-13(9-11(10)2)21(6-4-3-5-7-22)15-14(18-12)16(23)20-17(24)19-15/h8-9,22H,3-7H2,1-2H3,(H,20,23,24). The molecule has 1 aromatic carbocycles. The van der Waals surface area contributed by atoms with E-state index in [4.69, 9.17) is 5.11 Å². The molecule has 0 saturated carbocycles. The van der Waals surface area contributed by atoms with Crippen LogP contribution in [0.3, 0.4) is 0 Å². The Morgan fingerprint density at radius 1 is 1.08 bits per heavy atom. The zero-order valence-electron chi connectivity index (χ0n) is 13.8. The fraction of sp³-hybridized carbons (Fsp3) is 0.412. The van der Waals surface area contributed by atoms with Crippen LogP contribution in [0.2, 0.25) is 0 Å². The Morgan fingerprint density at radius 3 is 2.58 bits per heavy atom. The number of hydrogen-bond donors (Lipinski definition) is 2. The Hall–Kier alpha value is -2.54. The summed E-state index contributed by atoms with van der Waals surface area (Å²) in [6, 6.07) is 3.95. The van der Waals surface area contributed by atoms with Gasteiger partial charge in [0.25, 0.3) is 5.56 Å². The van der Waals surface area contributed by atoms with Crippen molar-refractivity contribution < 1.29 is 5.11 Å². The van der Waals surface area contributed by atoms with Crippen LogP contribution in [0, 0.1) is 13.8 Å². The van der Waals surface area contributed by atoms with Gasteiger partial charge in [0.05, 0.1) is 11.0 Å². The van der Waals surface area contributed by atoms with Crippen molar-refractivity contribution in [1.82, 2.24) is 19.5 Å². The number of aryl methyl sites for hydroxylation is 3. The maximum absolute atomic E-state index is 12.1. The number of aromatic amines is 1. The Bertz CT molecular complexity index is 974. The van der Waals surface area contributed by atoms with Crippen molar-refractivity contribution in [2.24, 2.45) is 0 Å². The van der Waals surface area contributed by atoms with E-state index in [1.165, 1.54) is 0 Å². The van der Waals surface area contributed by atoms with Gasteiger partial charge in [-0.3, -0.25) is 9.78 Å². The fourth-order valence-corrected chi connectivity index (χ4v) is 2.83. The highest BCUT2D eigenvalue weighted by Crippen LogP contribution is 2.24. The van der Waals surface area contributed by atoms with Gasteiger partial charge < -0.3 is 9.67 Å². The molecule has 0 saturated heterocycles. The van der Waals surface area contributed by atoms with Crippen LogP contribution >= 0.6 is 0 Å². The van der Waals surface area contributed by atoms with Crippen LogP contribution in [-0.2, 0) is 6.54 Å². The van der Waals surface area contributed by atoms with Crippen LogP contribution in [0.4, 0.5) is 0 Å². The molecule has 0 fully saturated rings. The van der Waals surface area contributed by atoms with E-state index in [-0.39, 0.29) is 12.3 Å². The number of aliphatic hydroxyl groups excluding tert-OH is 1. The second kappa shape index (κ2) is 6.52. The average Bonchev–Trinajstić information content (AvgIpc) is 2.53. The Morgan fingerprint density at radius 2 is 1.83 bits per heavy atom. The van der Waals surface area contributed by atoms with Crippen molar-refractivity contribution in [3.63, 3.8) is 0 Å². The van der Waals surface area contributed by atoms with Crippen molar-refractivity contribution in [3.05, 3.63) is 44.1 Å². The third-order valence-electron chi connectivity index (χ3n) is 4.26. The lowest BCUT2D eigenvalue weighted by atomic mass is 10.1. The third kappa shape index (κ3) is 2.94. The minimum atomic E-state index is -0.665. The van der Waals surface area contributed by atoms with Gasteiger partial charge in [0, 0.05) is 13.2 Å². The molecule has 2 aliphatic rings. The summed E-state index contributed by atoms with van der Waals surface area (Å²) in [5.74, 6) is 0.309. The molecule has 0 bridgehead atoms. The van der Waals surface area contributed by atoms with E-state index in [1.54, 1.807) is 0 Å². The first-order valence-corrected chi connectivity index (χ1v) is 8.04. The molecular formula is C17H20N4O3. The molecule has 7 heteroatoms. The highest BCUT2D eigenvalue weighted by atomic mass is 16.3. The van der Waals surface area contributed by atoms with Gasteiger partial charge in [0.15, 0.2) is 11.5 Å². The molecule has 0 radical (unpaired) electrons. The summed E-state index contributed by atoms with van der Waals surface area (Å²) in [4.78, 5) is 34.3. The molecule has 126 valence electrons. The van der Waals surface area contributed by atoms with Crippen LogP contribution in [0.5, 0.6) is 0 Å². The van der Waals surface area contributed by atoms with Gasteiger partial charge in [-0.05, 0) is 56.4 Å². The SMILES string of the molecule is Cc1cc2nc3c(=O)[nH]c(=O)nc-3n(CCCCCO)c2cc1C. The number of hydrogen-bond acceptors (Lipinski definition) is 5. The maximum Gasteiger partial charge on any atom is 0.349 e. The highest BCUT2D eigenvalue weighted by molar-refractivity contribution is 5.81. The van der Waals surface area contributed by atoms with E-state index < -0.39 is 11.2 Å². The smallest absolute Gasteiger partial charge is 0.349 e. The molecule has 24 heavy (non-hydrogen) atoms. The number of unbranched alkanes of at least 4 members (excludes halogenated alkanes) is 2. The summed E-state index contributed by atoms with van der Waals surface area (Å²) in [6.07, 6.45) is 2.39. The topological polar surface area (TPSA) is 101 Å². The molecule has 2 aliphatic heterocycles. The number of rotatable bonds is 5. The van der Waals surface area contributed by atoms with Crippen LogP contribution < -0.4 is 11.2 Å². The lowest BCUT2D eigenvalue weighted by molar-refractivity contribution is 0.282. The van der Waals surface area contributed by atoms with Gasteiger partial charge >= 0.3 is 5.69 Å². The number of H-pyrrole nitrogens is 1. The normalized spacial score (nSPS) is 11.5. The monoisotopic (exact) mass is 328 g/mol. The van der Waals surface area contributed by atoms with Crippen molar-refractivity contribution >= 4 is 11.0 Å². The Labute approximate surface area is 138 Å². The lowest BCUT2D eigenvalue weighted by Crippen LogP contribution is -2.29. The molecule has 0 atom stereocenters. The minimum Gasteiger partial charge on any atom is -0.396 e. The first-order valence-electron chi connectivity index (χ1n) is 8.04. The van der Waals surface area contributed by atoms with Gasteiger partial charge in [0.2, 0.25) is 0 Å². The maximum atomic E-state index is 12.1. The zero-order chi connectivity index (χ0) is 17.3. The quantitative estimate of drug-likeness (QED) is 0.544. The molecule has 2 N–H and O–H groups in total. The summed E-state index contributed by atoms with van der Waals surface area (Å²) < 4.78 is 1.89. The summed E-state index contributed by atoms with van der Waals surface area (Å²) >= 11 is 0. The van der Waals surface area contributed by atoms with Crippen molar-refractivity contribution in [3.8, 4) is 11.5 Å². The minimum absolute atomic E-state index is 0.156. The van der Waals surface area contributed by atoms with E-state index in [2.05, 4.69) is 15.0 Å². The first kappa shape index (κ1) is 16.3. The van der Waals surface area contributed by atoms with Gasteiger partial charge in [-0.1, -0.05) is 0 Å². The number of benzene rings is 1. The van der Waals surface area contributed by atoms with Crippen molar-refractivity contribution in [1.29, 1.82) is 0 Å². The van der Waals surface area contributed by atoms with E-state index in [0.717, 1.165) is 35.9 Å². The fourth-order valence-electron chi connectivity index (χ4n) is 2.83. The predicted octanol–water partition coefficient (Wildman–Crippen LogP) is 1.36. The largest absolute Gasteiger partial charge is 0.396 e. The lowest BCUT2D eigenvalue weighted by Gasteiger charge is -2.17. The summed E-state index contributed by atoms with van der Waals surface area (Å²) in [5, 5.41) is 8.93. The van der Waals surface area contributed by atoms with Crippen LogP contribution in [0.15, 0.2) is 21.7 Å². The van der Waals surface area contributed by atoms with Crippen molar-refractivity contribution in [2.75, 3.05) is 6.61 Å². The second-order valence-corrected chi connectivity index (χ2v) is 6.02. The summed E-state index contributed by atoms with van der Waals surface area (Å²) in [7, 11) is 0.